The Morgan fingerprint density at radius 1 is 1.11 bits per heavy atom. The van der Waals surface area contributed by atoms with Crippen LogP contribution in [0.1, 0.15) is 40.9 Å². The number of benzene rings is 2. The van der Waals surface area contributed by atoms with Crippen LogP contribution in [0.25, 0.3) is 0 Å². The molecule has 3 N–H and O–H groups in total. The lowest BCUT2D eigenvalue weighted by Crippen LogP contribution is -2.30. The molecule has 27 heavy (non-hydrogen) atoms. The Bertz CT molecular complexity index is 781. The molecule has 0 saturated heterocycles. The standard InChI is InChI=1S/C20H22FNO5/c1-13(23)15-8-5-9-16(18(15)21)19(25)17(24)10-11-22-20(26)27-12-14-6-3-2-4-7-14/h2-9,17,19,24-25H,10-12H2,1H3,(H,22,26). The molecule has 0 fully saturated rings. The number of amides is 1. The summed E-state index contributed by atoms with van der Waals surface area (Å²) in [4.78, 5) is 23.0. The van der Waals surface area contributed by atoms with Gasteiger partial charge in [0.15, 0.2) is 5.78 Å². The maximum absolute atomic E-state index is 14.3. The maximum atomic E-state index is 14.3. The zero-order chi connectivity index (χ0) is 19.8. The SMILES string of the molecule is CC(=O)c1cccc(C(O)C(O)CCNC(=O)OCc2ccccc2)c1F. The highest BCUT2D eigenvalue weighted by molar-refractivity contribution is 5.94. The van der Waals surface area contributed by atoms with E-state index in [4.69, 9.17) is 4.74 Å². The summed E-state index contributed by atoms with van der Waals surface area (Å²) < 4.78 is 19.3. The first-order valence-electron chi connectivity index (χ1n) is 8.50. The Morgan fingerprint density at radius 3 is 2.48 bits per heavy atom. The highest BCUT2D eigenvalue weighted by atomic mass is 19.1. The van der Waals surface area contributed by atoms with Crippen molar-refractivity contribution < 1.29 is 28.9 Å². The van der Waals surface area contributed by atoms with Crippen LogP contribution in [0.4, 0.5) is 9.18 Å². The first kappa shape index (κ1) is 20.5. The van der Waals surface area contributed by atoms with Gasteiger partial charge in [-0.1, -0.05) is 42.5 Å². The third kappa shape index (κ3) is 5.87. The number of carbonyl (C=O) groups is 2. The van der Waals surface area contributed by atoms with Gasteiger partial charge in [-0.2, -0.15) is 0 Å². The number of aliphatic hydroxyl groups is 2. The number of ether oxygens (including phenoxy) is 1. The van der Waals surface area contributed by atoms with E-state index in [0.29, 0.717) is 0 Å². The van der Waals surface area contributed by atoms with Crippen LogP contribution in [0.15, 0.2) is 48.5 Å². The molecule has 2 aromatic rings. The summed E-state index contributed by atoms with van der Waals surface area (Å²) in [5.74, 6) is -1.33. The number of Topliss-reactive ketones (excluding diaryl/α,β-unsaturated/α-hetero) is 1. The predicted molar refractivity (Wildman–Crippen MR) is 96.6 cm³/mol. The molecule has 0 aliphatic rings. The summed E-state index contributed by atoms with van der Waals surface area (Å²) in [5, 5.41) is 22.7. The second kappa shape index (κ2) is 9.80. The number of aliphatic hydroxyl groups excluding tert-OH is 2. The minimum absolute atomic E-state index is 0.0225. The minimum Gasteiger partial charge on any atom is -0.445 e. The lowest BCUT2D eigenvalue weighted by Gasteiger charge is -2.19. The molecular formula is C20H22FNO5. The summed E-state index contributed by atoms with van der Waals surface area (Å²) in [7, 11) is 0. The molecule has 2 rings (SSSR count). The molecule has 0 spiro atoms. The third-order valence-electron chi connectivity index (χ3n) is 4.01. The van der Waals surface area contributed by atoms with Gasteiger partial charge in [0.05, 0.1) is 11.7 Å². The number of ketones is 1. The molecule has 0 aromatic heterocycles. The Morgan fingerprint density at radius 2 is 1.81 bits per heavy atom. The van der Waals surface area contributed by atoms with E-state index in [1.165, 1.54) is 25.1 Å². The molecule has 2 aromatic carbocycles. The normalized spacial score (nSPS) is 12.9. The van der Waals surface area contributed by atoms with E-state index < -0.39 is 29.9 Å². The molecule has 0 radical (unpaired) electrons. The first-order valence-corrected chi connectivity index (χ1v) is 8.50. The van der Waals surface area contributed by atoms with E-state index in [1.807, 2.05) is 30.3 Å². The Hall–Kier alpha value is -2.77. The van der Waals surface area contributed by atoms with Gasteiger partial charge in [0.25, 0.3) is 0 Å². The van der Waals surface area contributed by atoms with E-state index in [1.54, 1.807) is 0 Å². The fourth-order valence-corrected chi connectivity index (χ4v) is 2.51. The highest BCUT2D eigenvalue weighted by Gasteiger charge is 2.23. The molecule has 6 nitrogen and oxygen atoms in total. The fourth-order valence-electron chi connectivity index (χ4n) is 2.51. The first-order chi connectivity index (χ1) is 12.9. The van der Waals surface area contributed by atoms with Crippen molar-refractivity contribution in [2.45, 2.75) is 32.2 Å². The van der Waals surface area contributed by atoms with Crippen molar-refractivity contribution in [1.82, 2.24) is 5.32 Å². The number of hydrogen-bond donors (Lipinski definition) is 3. The second-order valence-corrected chi connectivity index (χ2v) is 6.05. The molecular weight excluding hydrogens is 353 g/mol. The van der Waals surface area contributed by atoms with Gasteiger partial charge < -0.3 is 20.3 Å². The summed E-state index contributed by atoms with van der Waals surface area (Å²) in [6.45, 7) is 1.36. The number of carbonyl (C=O) groups excluding carboxylic acids is 2. The van der Waals surface area contributed by atoms with Crippen molar-refractivity contribution >= 4 is 11.9 Å². The Labute approximate surface area is 156 Å². The van der Waals surface area contributed by atoms with Gasteiger partial charge in [-0.15, -0.1) is 0 Å². The highest BCUT2D eigenvalue weighted by Crippen LogP contribution is 2.24. The zero-order valence-corrected chi connectivity index (χ0v) is 14.9. The second-order valence-electron chi connectivity index (χ2n) is 6.05. The largest absolute Gasteiger partial charge is 0.445 e. The van der Waals surface area contributed by atoms with Crippen molar-refractivity contribution in [2.24, 2.45) is 0 Å². The Kier molecular flexibility index (Phi) is 7.45. The van der Waals surface area contributed by atoms with Gasteiger partial charge in [0.1, 0.15) is 18.5 Å². The smallest absolute Gasteiger partial charge is 0.407 e. The lowest BCUT2D eigenvalue weighted by molar-refractivity contribution is 0.0115. The minimum atomic E-state index is -1.52. The van der Waals surface area contributed by atoms with Crippen LogP contribution >= 0.6 is 0 Å². The number of nitrogens with one attached hydrogen (secondary N) is 1. The molecule has 0 aliphatic carbocycles. The van der Waals surface area contributed by atoms with Crippen LogP contribution in [0.2, 0.25) is 0 Å². The average Bonchev–Trinajstić information content (AvgIpc) is 2.66. The van der Waals surface area contributed by atoms with Crippen LogP contribution in [0.3, 0.4) is 0 Å². The van der Waals surface area contributed by atoms with Gasteiger partial charge in [-0.3, -0.25) is 4.79 Å². The monoisotopic (exact) mass is 375 g/mol. The molecule has 0 heterocycles. The van der Waals surface area contributed by atoms with E-state index in [-0.39, 0.29) is 30.7 Å². The number of halogens is 1. The van der Waals surface area contributed by atoms with E-state index in [9.17, 15) is 24.2 Å². The van der Waals surface area contributed by atoms with Crippen LogP contribution < -0.4 is 5.32 Å². The van der Waals surface area contributed by atoms with Crippen molar-refractivity contribution in [2.75, 3.05) is 6.54 Å². The molecule has 2 atom stereocenters. The maximum Gasteiger partial charge on any atom is 0.407 e. The summed E-state index contributed by atoms with van der Waals surface area (Å²) >= 11 is 0. The third-order valence-corrected chi connectivity index (χ3v) is 4.01. The van der Waals surface area contributed by atoms with Crippen LogP contribution in [0.5, 0.6) is 0 Å². The molecule has 2 unspecified atom stereocenters. The van der Waals surface area contributed by atoms with Crippen molar-refractivity contribution in [3.05, 3.63) is 71.0 Å². The quantitative estimate of drug-likeness (QED) is 0.617. The van der Waals surface area contributed by atoms with Gasteiger partial charge in [-0.25, -0.2) is 9.18 Å². The molecule has 0 saturated carbocycles. The van der Waals surface area contributed by atoms with E-state index >= 15 is 0 Å². The van der Waals surface area contributed by atoms with Gasteiger partial charge in [0, 0.05) is 12.1 Å². The van der Waals surface area contributed by atoms with Crippen molar-refractivity contribution in [1.29, 1.82) is 0 Å². The molecule has 0 bridgehead atoms. The summed E-state index contributed by atoms with van der Waals surface area (Å²) in [6, 6.07) is 13.2. The van der Waals surface area contributed by atoms with E-state index in [2.05, 4.69) is 5.32 Å². The zero-order valence-electron chi connectivity index (χ0n) is 14.9. The van der Waals surface area contributed by atoms with Gasteiger partial charge in [0.2, 0.25) is 0 Å². The average molecular weight is 375 g/mol. The summed E-state index contributed by atoms with van der Waals surface area (Å²) in [6.07, 6.45) is -3.53. The number of rotatable bonds is 8. The van der Waals surface area contributed by atoms with E-state index in [0.717, 1.165) is 5.56 Å². The molecule has 1 amide bonds. The topological polar surface area (TPSA) is 95.9 Å². The van der Waals surface area contributed by atoms with Crippen molar-refractivity contribution in [3.63, 3.8) is 0 Å². The van der Waals surface area contributed by atoms with Gasteiger partial charge in [-0.05, 0) is 25.0 Å². The molecule has 0 aliphatic heterocycles. The van der Waals surface area contributed by atoms with Crippen molar-refractivity contribution in [3.8, 4) is 0 Å². The number of alkyl carbamates (subject to hydrolysis) is 1. The molecule has 7 heteroatoms. The predicted octanol–water partition coefficient (Wildman–Crippen LogP) is 2.74. The summed E-state index contributed by atoms with van der Waals surface area (Å²) in [5.41, 5.74) is 0.521. The fraction of sp³-hybridized carbons (Fsp3) is 0.300. The Balaban J connectivity index is 1.81. The van der Waals surface area contributed by atoms with Crippen LogP contribution in [-0.4, -0.2) is 34.7 Å². The van der Waals surface area contributed by atoms with Crippen LogP contribution in [-0.2, 0) is 11.3 Å². The van der Waals surface area contributed by atoms with Gasteiger partial charge >= 0.3 is 6.09 Å². The molecule has 144 valence electrons. The van der Waals surface area contributed by atoms with Crippen LogP contribution in [0, 0.1) is 5.82 Å². The number of hydrogen-bond acceptors (Lipinski definition) is 5. The lowest BCUT2D eigenvalue weighted by atomic mass is 9.98.